The molecule has 2 rings (SSSR count). The summed E-state index contributed by atoms with van der Waals surface area (Å²) in [6, 6.07) is 6.63. The molecule has 1 N–H and O–H groups in total. The summed E-state index contributed by atoms with van der Waals surface area (Å²) in [4.78, 5) is 2.50. The fourth-order valence-electron chi connectivity index (χ4n) is 2.69. The topological polar surface area (TPSA) is 33.7 Å². The molecule has 1 atom stereocenters. The minimum absolute atomic E-state index is 0.336. The van der Waals surface area contributed by atoms with Gasteiger partial charge in [-0.3, -0.25) is 0 Å². The first-order valence-electron chi connectivity index (χ1n) is 8.13. The molecule has 1 aromatic rings. The Morgan fingerprint density at radius 1 is 1.14 bits per heavy atom. The van der Waals surface area contributed by atoms with Crippen LogP contribution >= 0.6 is 0 Å². The minimum atomic E-state index is 0.336. The Balaban J connectivity index is 2.10. The smallest absolute Gasteiger partial charge is 0.231 e. The predicted molar refractivity (Wildman–Crippen MR) is 86.0 cm³/mol. The number of rotatable bonds is 9. The second-order valence-corrected chi connectivity index (χ2v) is 5.51. The lowest BCUT2D eigenvalue weighted by molar-refractivity contribution is 0.174. The molecule has 1 aliphatic heterocycles. The van der Waals surface area contributed by atoms with Crippen LogP contribution in [0.25, 0.3) is 0 Å². The molecule has 0 aliphatic carbocycles. The van der Waals surface area contributed by atoms with E-state index in [1.54, 1.807) is 0 Å². The Bertz CT molecular complexity index is 437. The van der Waals surface area contributed by atoms with Crippen LogP contribution in [0.4, 0.5) is 0 Å². The molecule has 0 radical (unpaired) electrons. The average molecular weight is 292 g/mol. The summed E-state index contributed by atoms with van der Waals surface area (Å²) in [5, 5.41) is 3.66. The zero-order valence-corrected chi connectivity index (χ0v) is 13.5. The summed E-state index contributed by atoms with van der Waals surface area (Å²) in [7, 11) is 0. The van der Waals surface area contributed by atoms with Gasteiger partial charge < -0.3 is 19.7 Å². The summed E-state index contributed by atoms with van der Waals surface area (Å²) in [6.45, 7) is 11.3. The maximum absolute atomic E-state index is 5.51. The highest BCUT2D eigenvalue weighted by Gasteiger charge is 2.19. The number of fused-ring (bicyclic) bond motifs is 1. The van der Waals surface area contributed by atoms with Crippen molar-refractivity contribution in [3.8, 4) is 11.5 Å². The van der Waals surface area contributed by atoms with Crippen LogP contribution in [0.1, 0.15) is 45.2 Å². The maximum Gasteiger partial charge on any atom is 0.231 e. The Morgan fingerprint density at radius 2 is 1.95 bits per heavy atom. The lowest BCUT2D eigenvalue weighted by atomic mass is 10.0. The van der Waals surface area contributed by atoms with Crippen LogP contribution in [0.2, 0.25) is 0 Å². The molecule has 0 fully saturated rings. The van der Waals surface area contributed by atoms with Gasteiger partial charge in [-0.25, -0.2) is 0 Å². The third kappa shape index (κ3) is 4.35. The van der Waals surface area contributed by atoms with Gasteiger partial charge in [0.1, 0.15) is 0 Å². The molecule has 1 heterocycles. The Morgan fingerprint density at radius 3 is 2.67 bits per heavy atom. The molecule has 4 nitrogen and oxygen atoms in total. The van der Waals surface area contributed by atoms with E-state index >= 15 is 0 Å². The zero-order valence-electron chi connectivity index (χ0n) is 13.5. The van der Waals surface area contributed by atoms with Crippen molar-refractivity contribution in [1.82, 2.24) is 10.2 Å². The van der Waals surface area contributed by atoms with Crippen molar-refractivity contribution < 1.29 is 9.47 Å². The van der Waals surface area contributed by atoms with Gasteiger partial charge in [0.05, 0.1) is 0 Å². The SMILES string of the molecule is CCCNC(CN(CC)CCC)c1ccc2c(c1)OCO2. The van der Waals surface area contributed by atoms with Crippen LogP contribution in [0.5, 0.6) is 11.5 Å². The summed E-state index contributed by atoms with van der Waals surface area (Å²) >= 11 is 0. The van der Waals surface area contributed by atoms with Gasteiger partial charge in [0.2, 0.25) is 6.79 Å². The van der Waals surface area contributed by atoms with Crippen LogP contribution in [-0.4, -0.2) is 37.9 Å². The van der Waals surface area contributed by atoms with Gasteiger partial charge in [-0.05, 0) is 50.2 Å². The van der Waals surface area contributed by atoms with Gasteiger partial charge in [0.15, 0.2) is 11.5 Å². The zero-order chi connectivity index (χ0) is 15.1. The molecule has 0 spiro atoms. The lowest BCUT2D eigenvalue weighted by Gasteiger charge is -2.27. The largest absolute Gasteiger partial charge is 0.454 e. The second kappa shape index (κ2) is 8.25. The number of ether oxygens (including phenoxy) is 2. The lowest BCUT2D eigenvalue weighted by Crippen LogP contribution is -2.36. The van der Waals surface area contributed by atoms with Crippen molar-refractivity contribution in [2.75, 3.05) is 33.0 Å². The van der Waals surface area contributed by atoms with E-state index in [4.69, 9.17) is 9.47 Å². The molecule has 0 saturated heterocycles. The van der Waals surface area contributed by atoms with Crippen LogP contribution in [0.15, 0.2) is 18.2 Å². The van der Waals surface area contributed by atoms with E-state index in [2.05, 4.69) is 43.1 Å². The Kier molecular flexibility index (Phi) is 6.33. The first-order valence-corrected chi connectivity index (χ1v) is 8.13. The molecule has 0 saturated carbocycles. The molecular weight excluding hydrogens is 264 g/mol. The van der Waals surface area contributed by atoms with Crippen molar-refractivity contribution in [3.63, 3.8) is 0 Å². The maximum atomic E-state index is 5.51. The predicted octanol–water partition coefficient (Wildman–Crippen LogP) is 3.19. The quantitative estimate of drug-likeness (QED) is 0.758. The van der Waals surface area contributed by atoms with Gasteiger partial charge in [-0.2, -0.15) is 0 Å². The average Bonchev–Trinajstić information content (AvgIpc) is 2.97. The number of hydrogen-bond donors (Lipinski definition) is 1. The normalized spacial score (nSPS) is 14.7. The number of benzene rings is 1. The van der Waals surface area contributed by atoms with Crippen LogP contribution in [0.3, 0.4) is 0 Å². The molecule has 0 amide bonds. The van der Waals surface area contributed by atoms with Gasteiger partial charge in [-0.1, -0.05) is 26.8 Å². The summed E-state index contributed by atoms with van der Waals surface area (Å²) in [6.07, 6.45) is 2.33. The van der Waals surface area contributed by atoms with Gasteiger partial charge >= 0.3 is 0 Å². The number of nitrogens with one attached hydrogen (secondary N) is 1. The molecule has 4 heteroatoms. The van der Waals surface area contributed by atoms with Crippen molar-refractivity contribution >= 4 is 0 Å². The van der Waals surface area contributed by atoms with Crippen LogP contribution in [0, 0.1) is 0 Å². The molecule has 1 aliphatic rings. The van der Waals surface area contributed by atoms with Crippen molar-refractivity contribution in [2.24, 2.45) is 0 Å². The van der Waals surface area contributed by atoms with E-state index in [0.717, 1.165) is 44.1 Å². The van der Waals surface area contributed by atoms with Crippen molar-refractivity contribution in [2.45, 2.75) is 39.7 Å². The number of nitrogens with zero attached hydrogens (tertiary/aromatic N) is 1. The third-order valence-electron chi connectivity index (χ3n) is 3.87. The monoisotopic (exact) mass is 292 g/mol. The molecule has 1 aromatic carbocycles. The highest BCUT2D eigenvalue weighted by Crippen LogP contribution is 2.34. The Labute approximate surface area is 128 Å². The summed E-state index contributed by atoms with van der Waals surface area (Å²) in [5.41, 5.74) is 1.28. The van der Waals surface area contributed by atoms with E-state index < -0.39 is 0 Å². The van der Waals surface area contributed by atoms with Crippen molar-refractivity contribution in [3.05, 3.63) is 23.8 Å². The standard InChI is InChI=1S/C17H28N2O2/c1-4-9-18-15(12-19(6-3)10-5-2)14-7-8-16-17(11-14)21-13-20-16/h7-8,11,15,18H,4-6,9-10,12-13H2,1-3H3. The molecule has 0 bridgehead atoms. The molecule has 21 heavy (non-hydrogen) atoms. The van der Waals surface area contributed by atoms with E-state index in [1.807, 2.05) is 6.07 Å². The molecular formula is C17H28N2O2. The van der Waals surface area contributed by atoms with E-state index in [9.17, 15) is 0 Å². The number of hydrogen-bond acceptors (Lipinski definition) is 4. The fourth-order valence-corrected chi connectivity index (χ4v) is 2.69. The van der Waals surface area contributed by atoms with Crippen LogP contribution in [-0.2, 0) is 0 Å². The molecule has 0 aromatic heterocycles. The highest BCUT2D eigenvalue weighted by atomic mass is 16.7. The second-order valence-electron chi connectivity index (χ2n) is 5.51. The van der Waals surface area contributed by atoms with Gasteiger partial charge in [0.25, 0.3) is 0 Å². The van der Waals surface area contributed by atoms with Crippen molar-refractivity contribution in [1.29, 1.82) is 0 Å². The van der Waals surface area contributed by atoms with E-state index in [0.29, 0.717) is 12.8 Å². The molecule has 118 valence electrons. The van der Waals surface area contributed by atoms with Crippen LogP contribution < -0.4 is 14.8 Å². The van der Waals surface area contributed by atoms with E-state index in [1.165, 1.54) is 12.0 Å². The first kappa shape index (κ1) is 16.1. The van der Waals surface area contributed by atoms with E-state index in [-0.39, 0.29) is 0 Å². The first-order chi connectivity index (χ1) is 10.3. The van der Waals surface area contributed by atoms with Gasteiger partial charge in [0, 0.05) is 12.6 Å². The Hall–Kier alpha value is -1.26. The minimum Gasteiger partial charge on any atom is -0.454 e. The number of likely N-dealkylation sites (N-methyl/N-ethyl adjacent to an activating group) is 1. The van der Waals surface area contributed by atoms with Gasteiger partial charge in [-0.15, -0.1) is 0 Å². The third-order valence-corrected chi connectivity index (χ3v) is 3.87. The summed E-state index contributed by atoms with van der Waals surface area (Å²) < 4.78 is 10.9. The highest BCUT2D eigenvalue weighted by molar-refractivity contribution is 5.45. The fraction of sp³-hybridized carbons (Fsp3) is 0.647. The summed E-state index contributed by atoms with van der Waals surface area (Å²) in [5.74, 6) is 1.73. The molecule has 1 unspecified atom stereocenters.